The molecule has 0 bridgehead atoms. The van der Waals surface area contributed by atoms with Gasteiger partial charge in [-0.3, -0.25) is 4.79 Å². The van der Waals surface area contributed by atoms with Crippen molar-refractivity contribution in [2.75, 3.05) is 13.1 Å². The Hall–Kier alpha value is -2.07. The summed E-state index contributed by atoms with van der Waals surface area (Å²) in [6.07, 6.45) is 1.69. The summed E-state index contributed by atoms with van der Waals surface area (Å²) in [6, 6.07) is 9.49. The highest BCUT2D eigenvalue weighted by Gasteiger charge is 2.04. The van der Waals surface area contributed by atoms with Crippen LogP contribution in [0.25, 0.3) is 0 Å². The summed E-state index contributed by atoms with van der Waals surface area (Å²) in [4.78, 5) is 11.8. The van der Waals surface area contributed by atoms with Gasteiger partial charge in [0.1, 0.15) is 5.76 Å². The van der Waals surface area contributed by atoms with Crippen molar-refractivity contribution >= 4 is 5.91 Å². The maximum Gasteiger partial charge on any atom is 0.251 e. The van der Waals surface area contributed by atoms with Crippen molar-refractivity contribution in [3.63, 3.8) is 0 Å². The monoisotopic (exact) mass is 272 g/mol. The first-order valence-electron chi connectivity index (χ1n) is 6.75. The lowest BCUT2D eigenvalue weighted by molar-refractivity contribution is 0.0954. The summed E-state index contributed by atoms with van der Waals surface area (Å²) < 4.78 is 5.32. The molecule has 0 spiro atoms. The van der Waals surface area contributed by atoms with E-state index in [0.717, 1.165) is 16.9 Å². The topological polar surface area (TPSA) is 54.3 Å². The summed E-state index contributed by atoms with van der Waals surface area (Å²) in [7, 11) is 0. The zero-order chi connectivity index (χ0) is 14.4. The van der Waals surface area contributed by atoms with E-state index in [1.807, 2.05) is 44.2 Å². The zero-order valence-electron chi connectivity index (χ0n) is 11.9. The van der Waals surface area contributed by atoms with E-state index in [1.165, 1.54) is 0 Å². The number of benzene rings is 1. The second-order valence-corrected chi connectivity index (χ2v) is 4.83. The Morgan fingerprint density at radius 1 is 1.10 bits per heavy atom. The fraction of sp³-hybridized carbons (Fsp3) is 0.312. The van der Waals surface area contributed by atoms with Crippen LogP contribution in [-0.4, -0.2) is 19.0 Å². The van der Waals surface area contributed by atoms with E-state index in [4.69, 9.17) is 4.42 Å². The van der Waals surface area contributed by atoms with Gasteiger partial charge in [-0.25, -0.2) is 0 Å². The molecule has 0 radical (unpaired) electrons. The molecular formula is C16H20N2O2. The molecule has 1 aromatic heterocycles. The van der Waals surface area contributed by atoms with Gasteiger partial charge in [0.05, 0.1) is 12.8 Å². The average molecular weight is 272 g/mol. The molecule has 1 aromatic carbocycles. The van der Waals surface area contributed by atoms with Gasteiger partial charge in [0.2, 0.25) is 0 Å². The number of carbonyl (C=O) groups is 1. The van der Waals surface area contributed by atoms with E-state index >= 15 is 0 Å². The second kappa shape index (κ2) is 6.91. The van der Waals surface area contributed by atoms with Crippen LogP contribution in [0.3, 0.4) is 0 Å². The molecule has 0 aliphatic rings. The Bertz CT molecular complexity index is 558. The molecule has 0 atom stereocenters. The van der Waals surface area contributed by atoms with Crippen molar-refractivity contribution in [2.45, 2.75) is 20.4 Å². The van der Waals surface area contributed by atoms with E-state index in [1.54, 1.807) is 6.26 Å². The largest absolute Gasteiger partial charge is 0.468 e. The summed E-state index contributed by atoms with van der Waals surface area (Å²) in [5, 5.41) is 6.12. The molecule has 0 unspecified atom stereocenters. The number of carbonyl (C=O) groups excluding carboxylic acids is 1. The van der Waals surface area contributed by atoms with Gasteiger partial charge in [0, 0.05) is 18.7 Å². The molecule has 2 aromatic rings. The minimum absolute atomic E-state index is 0.0408. The highest BCUT2D eigenvalue weighted by molar-refractivity contribution is 5.94. The zero-order valence-corrected chi connectivity index (χ0v) is 11.9. The van der Waals surface area contributed by atoms with Gasteiger partial charge in [0.15, 0.2) is 0 Å². The molecule has 0 saturated carbocycles. The molecule has 4 nitrogen and oxygen atoms in total. The second-order valence-electron chi connectivity index (χ2n) is 4.83. The van der Waals surface area contributed by atoms with E-state index in [-0.39, 0.29) is 5.91 Å². The molecule has 1 amide bonds. The van der Waals surface area contributed by atoms with Crippen LogP contribution in [0.2, 0.25) is 0 Å². The molecule has 2 rings (SSSR count). The van der Waals surface area contributed by atoms with E-state index in [2.05, 4.69) is 10.6 Å². The molecule has 1 heterocycles. The van der Waals surface area contributed by atoms with Crippen LogP contribution in [-0.2, 0) is 6.54 Å². The average Bonchev–Trinajstić information content (AvgIpc) is 2.84. The third-order valence-electron chi connectivity index (χ3n) is 3.15. The molecule has 0 aliphatic carbocycles. The third-order valence-corrected chi connectivity index (χ3v) is 3.15. The Morgan fingerprint density at radius 2 is 1.85 bits per heavy atom. The van der Waals surface area contributed by atoms with Gasteiger partial charge in [-0.1, -0.05) is 17.7 Å². The number of amides is 1. The summed E-state index contributed by atoms with van der Waals surface area (Å²) in [6.45, 7) is 5.99. The summed E-state index contributed by atoms with van der Waals surface area (Å²) >= 11 is 0. The Kier molecular flexibility index (Phi) is 4.96. The molecular weight excluding hydrogens is 252 g/mol. The first kappa shape index (κ1) is 14.3. The smallest absolute Gasteiger partial charge is 0.251 e. The van der Waals surface area contributed by atoms with Gasteiger partial charge in [-0.2, -0.15) is 0 Å². The fourth-order valence-electron chi connectivity index (χ4n) is 1.86. The molecule has 0 aliphatic heterocycles. The molecule has 0 fully saturated rings. The Labute approximate surface area is 119 Å². The quantitative estimate of drug-likeness (QED) is 0.794. The van der Waals surface area contributed by atoms with E-state index < -0.39 is 0 Å². The fourth-order valence-corrected chi connectivity index (χ4v) is 1.86. The lowest BCUT2D eigenvalue weighted by atomic mass is 10.1. The minimum Gasteiger partial charge on any atom is -0.468 e. The van der Waals surface area contributed by atoms with Crippen LogP contribution in [0.5, 0.6) is 0 Å². The molecule has 20 heavy (non-hydrogen) atoms. The van der Waals surface area contributed by atoms with Crippen molar-refractivity contribution < 1.29 is 9.21 Å². The van der Waals surface area contributed by atoms with Crippen molar-refractivity contribution in [1.82, 2.24) is 10.6 Å². The minimum atomic E-state index is -0.0408. The number of hydrogen-bond acceptors (Lipinski definition) is 3. The summed E-state index contributed by atoms with van der Waals surface area (Å²) in [5.41, 5.74) is 2.98. The number of furan rings is 1. The lowest BCUT2D eigenvalue weighted by Gasteiger charge is -2.06. The highest BCUT2D eigenvalue weighted by atomic mass is 16.3. The third kappa shape index (κ3) is 3.96. The number of nitrogens with one attached hydrogen (secondary N) is 2. The predicted octanol–water partition coefficient (Wildman–Crippen LogP) is 2.42. The number of aryl methyl sites for hydroxylation is 2. The van der Waals surface area contributed by atoms with E-state index in [0.29, 0.717) is 25.2 Å². The normalized spacial score (nSPS) is 10.5. The first-order chi connectivity index (χ1) is 9.66. The van der Waals surface area contributed by atoms with Crippen molar-refractivity contribution in [1.29, 1.82) is 0 Å². The number of hydrogen-bond donors (Lipinski definition) is 2. The first-order valence-corrected chi connectivity index (χ1v) is 6.75. The standard InChI is InChI=1S/C16H20N2O2/c1-12-3-5-14(6-4-12)16(19)18-9-8-17-11-15-13(2)7-10-20-15/h3-7,10,17H,8-9,11H2,1-2H3,(H,18,19). The highest BCUT2D eigenvalue weighted by Crippen LogP contribution is 2.07. The van der Waals surface area contributed by atoms with Crippen LogP contribution >= 0.6 is 0 Å². The molecule has 0 saturated heterocycles. The Morgan fingerprint density at radius 3 is 2.50 bits per heavy atom. The lowest BCUT2D eigenvalue weighted by Crippen LogP contribution is -2.31. The molecule has 4 heteroatoms. The van der Waals surface area contributed by atoms with E-state index in [9.17, 15) is 4.79 Å². The van der Waals surface area contributed by atoms with Crippen molar-refractivity contribution in [3.8, 4) is 0 Å². The Balaban J connectivity index is 1.67. The van der Waals surface area contributed by atoms with Crippen LogP contribution in [0, 0.1) is 13.8 Å². The van der Waals surface area contributed by atoms with Crippen molar-refractivity contribution in [3.05, 3.63) is 59.0 Å². The van der Waals surface area contributed by atoms with Crippen molar-refractivity contribution in [2.24, 2.45) is 0 Å². The van der Waals surface area contributed by atoms with Crippen LogP contribution in [0.15, 0.2) is 41.0 Å². The van der Waals surface area contributed by atoms with Gasteiger partial charge in [-0.05, 0) is 37.6 Å². The van der Waals surface area contributed by atoms with Gasteiger partial charge in [0.25, 0.3) is 5.91 Å². The summed E-state index contributed by atoms with van der Waals surface area (Å²) in [5.74, 6) is 0.899. The predicted molar refractivity (Wildman–Crippen MR) is 78.7 cm³/mol. The van der Waals surface area contributed by atoms with Crippen LogP contribution in [0.1, 0.15) is 27.2 Å². The van der Waals surface area contributed by atoms with Crippen LogP contribution < -0.4 is 10.6 Å². The SMILES string of the molecule is Cc1ccc(C(=O)NCCNCc2occc2C)cc1. The maximum atomic E-state index is 11.8. The maximum absolute atomic E-state index is 11.8. The molecule has 2 N–H and O–H groups in total. The van der Waals surface area contributed by atoms with Gasteiger partial charge < -0.3 is 15.1 Å². The van der Waals surface area contributed by atoms with Gasteiger partial charge >= 0.3 is 0 Å². The van der Waals surface area contributed by atoms with Crippen LogP contribution in [0.4, 0.5) is 0 Å². The molecule has 106 valence electrons. The number of rotatable bonds is 6. The van der Waals surface area contributed by atoms with Gasteiger partial charge in [-0.15, -0.1) is 0 Å².